The fraction of sp³-hybridized carbons (Fsp3) is 0.250. The molecule has 0 spiro atoms. The highest BCUT2D eigenvalue weighted by Crippen LogP contribution is 2.05. The van der Waals surface area contributed by atoms with Gasteiger partial charge >= 0.3 is 0 Å². The first-order chi connectivity index (χ1) is 6.74. The number of ketones is 1. The predicted octanol–water partition coefficient (Wildman–Crippen LogP) is 2.23. The largest absolute Gasteiger partial charge is 0.382 e. The molecule has 0 saturated heterocycles. The van der Waals surface area contributed by atoms with Crippen molar-refractivity contribution < 1.29 is 4.79 Å². The Bertz CT molecular complexity index is 327. The maximum Gasteiger partial charge on any atom is 0.175 e. The molecule has 0 aliphatic carbocycles. The topological polar surface area (TPSA) is 29.1 Å². The molecule has 74 valence electrons. The summed E-state index contributed by atoms with van der Waals surface area (Å²) in [6.45, 7) is 4.30. The van der Waals surface area contributed by atoms with Crippen LogP contribution in [0.3, 0.4) is 0 Å². The van der Waals surface area contributed by atoms with Crippen molar-refractivity contribution in [2.75, 3.05) is 6.54 Å². The minimum Gasteiger partial charge on any atom is -0.382 e. The molecule has 0 aliphatic rings. The Labute approximate surface area is 84.6 Å². The van der Waals surface area contributed by atoms with Crippen LogP contribution in [0.2, 0.25) is 0 Å². The van der Waals surface area contributed by atoms with Crippen molar-refractivity contribution in [2.45, 2.75) is 13.8 Å². The molecule has 2 heteroatoms. The molecule has 0 heterocycles. The molecule has 2 nitrogen and oxygen atoms in total. The maximum atomic E-state index is 11.2. The summed E-state index contributed by atoms with van der Waals surface area (Å²) in [5, 5.41) is 3.04. The number of likely N-dealkylation sites (N-methyl/N-ethyl adjacent to an activating group) is 1. The van der Waals surface area contributed by atoms with E-state index in [0.717, 1.165) is 12.1 Å². The standard InChI is InChI=1S/C12H15NO/c1-3-13-12(10(2)14)9-11-7-5-4-6-8-11/h4-9,13H,3H2,1-2H3. The second-order valence-corrected chi connectivity index (χ2v) is 3.06. The fourth-order valence-corrected chi connectivity index (χ4v) is 1.18. The highest BCUT2D eigenvalue weighted by atomic mass is 16.1. The van der Waals surface area contributed by atoms with Gasteiger partial charge < -0.3 is 5.32 Å². The number of allylic oxidation sites excluding steroid dienone is 1. The van der Waals surface area contributed by atoms with E-state index < -0.39 is 0 Å². The van der Waals surface area contributed by atoms with Crippen LogP contribution in [0.25, 0.3) is 6.08 Å². The summed E-state index contributed by atoms with van der Waals surface area (Å²) < 4.78 is 0. The van der Waals surface area contributed by atoms with Gasteiger partial charge in [-0.25, -0.2) is 0 Å². The Balaban J connectivity index is 2.88. The van der Waals surface area contributed by atoms with Gasteiger partial charge in [-0.3, -0.25) is 4.79 Å². The number of hydrogen-bond acceptors (Lipinski definition) is 2. The van der Waals surface area contributed by atoms with E-state index in [1.165, 1.54) is 0 Å². The fourth-order valence-electron chi connectivity index (χ4n) is 1.18. The molecule has 0 radical (unpaired) electrons. The van der Waals surface area contributed by atoms with Gasteiger partial charge in [0.05, 0.1) is 5.70 Å². The van der Waals surface area contributed by atoms with Crippen molar-refractivity contribution in [3.63, 3.8) is 0 Å². The average molecular weight is 189 g/mol. The molecule has 0 aromatic heterocycles. The van der Waals surface area contributed by atoms with Crippen LogP contribution >= 0.6 is 0 Å². The average Bonchev–Trinajstić information content (AvgIpc) is 2.18. The van der Waals surface area contributed by atoms with Crippen LogP contribution < -0.4 is 5.32 Å². The van der Waals surface area contributed by atoms with E-state index in [9.17, 15) is 4.79 Å². The minimum absolute atomic E-state index is 0.0655. The Hall–Kier alpha value is -1.57. The highest BCUT2D eigenvalue weighted by molar-refractivity contribution is 5.97. The number of hydrogen-bond donors (Lipinski definition) is 1. The van der Waals surface area contributed by atoms with Crippen LogP contribution in [0.1, 0.15) is 19.4 Å². The van der Waals surface area contributed by atoms with Crippen LogP contribution in [-0.4, -0.2) is 12.3 Å². The molecular formula is C12H15NO. The maximum absolute atomic E-state index is 11.2. The Morgan fingerprint density at radius 1 is 1.36 bits per heavy atom. The summed E-state index contributed by atoms with van der Waals surface area (Å²) >= 11 is 0. The molecule has 1 aromatic rings. The summed E-state index contributed by atoms with van der Waals surface area (Å²) in [4.78, 5) is 11.2. The van der Waals surface area contributed by atoms with E-state index in [1.807, 2.05) is 43.3 Å². The molecule has 1 N–H and O–H groups in total. The van der Waals surface area contributed by atoms with E-state index >= 15 is 0 Å². The third-order valence-electron chi connectivity index (χ3n) is 1.86. The van der Waals surface area contributed by atoms with Gasteiger partial charge in [0.1, 0.15) is 0 Å². The molecule has 14 heavy (non-hydrogen) atoms. The molecule has 0 atom stereocenters. The SMILES string of the molecule is CCNC(=Cc1ccccc1)C(C)=O. The van der Waals surface area contributed by atoms with E-state index in [2.05, 4.69) is 5.32 Å². The van der Waals surface area contributed by atoms with Gasteiger partial charge in [-0.15, -0.1) is 0 Å². The van der Waals surface area contributed by atoms with E-state index in [-0.39, 0.29) is 5.78 Å². The molecule has 0 bridgehead atoms. The van der Waals surface area contributed by atoms with Crippen LogP contribution in [0.15, 0.2) is 36.0 Å². The van der Waals surface area contributed by atoms with Crippen molar-refractivity contribution in [1.82, 2.24) is 5.32 Å². The first kappa shape index (κ1) is 10.5. The second kappa shape index (κ2) is 5.22. The number of nitrogens with one attached hydrogen (secondary N) is 1. The Morgan fingerprint density at radius 3 is 2.50 bits per heavy atom. The van der Waals surface area contributed by atoms with Crippen molar-refractivity contribution in [3.8, 4) is 0 Å². The lowest BCUT2D eigenvalue weighted by Crippen LogP contribution is -2.17. The second-order valence-electron chi connectivity index (χ2n) is 3.06. The molecule has 0 amide bonds. The highest BCUT2D eigenvalue weighted by Gasteiger charge is 2.00. The number of rotatable bonds is 4. The summed E-state index contributed by atoms with van der Waals surface area (Å²) in [6, 6.07) is 9.81. The zero-order chi connectivity index (χ0) is 10.4. The molecule has 0 aliphatic heterocycles. The lowest BCUT2D eigenvalue weighted by Gasteiger charge is -2.04. The summed E-state index contributed by atoms with van der Waals surface area (Å²) in [6.07, 6.45) is 1.87. The minimum atomic E-state index is 0.0655. The van der Waals surface area contributed by atoms with Crippen molar-refractivity contribution in [1.29, 1.82) is 0 Å². The third-order valence-corrected chi connectivity index (χ3v) is 1.86. The van der Waals surface area contributed by atoms with E-state index in [1.54, 1.807) is 6.92 Å². The molecule has 0 unspecified atom stereocenters. The van der Waals surface area contributed by atoms with E-state index in [4.69, 9.17) is 0 Å². The smallest absolute Gasteiger partial charge is 0.175 e. The molecular weight excluding hydrogens is 174 g/mol. The first-order valence-electron chi connectivity index (χ1n) is 4.75. The summed E-state index contributed by atoms with van der Waals surface area (Å²) in [7, 11) is 0. The molecule has 1 rings (SSSR count). The van der Waals surface area contributed by atoms with Crippen LogP contribution in [0.5, 0.6) is 0 Å². The zero-order valence-electron chi connectivity index (χ0n) is 8.58. The number of Topliss-reactive ketones (excluding diaryl/α,β-unsaturated/α-hetero) is 1. The van der Waals surface area contributed by atoms with Gasteiger partial charge in [0.15, 0.2) is 5.78 Å². The van der Waals surface area contributed by atoms with E-state index in [0.29, 0.717) is 5.70 Å². The molecule has 0 fully saturated rings. The van der Waals surface area contributed by atoms with Crippen LogP contribution in [0, 0.1) is 0 Å². The van der Waals surface area contributed by atoms with Crippen LogP contribution in [0.4, 0.5) is 0 Å². The van der Waals surface area contributed by atoms with Gasteiger partial charge in [-0.1, -0.05) is 30.3 Å². The van der Waals surface area contributed by atoms with Gasteiger partial charge in [0.25, 0.3) is 0 Å². The van der Waals surface area contributed by atoms with Crippen molar-refractivity contribution in [3.05, 3.63) is 41.6 Å². The number of carbonyl (C=O) groups is 1. The number of carbonyl (C=O) groups excluding carboxylic acids is 1. The summed E-state index contributed by atoms with van der Waals surface area (Å²) in [5.74, 6) is 0.0655. The first-order valence-corrected chi connectivity index (χ1v) is 4.75. The van der Waals surface area contributed by atoms with Gasteiger partial charge in [-0.05, 0) is 18.6 Å². The summed E-state index contributed by atoms with van der Waals surface area (Å²) in [5.41, 5.74) is 1.71. The lowest BCUT2D eigenvalue weighted by atomic mass is 10.1. The van der Waals surface area contributed by atoms with Crippen molar-refractivity contribution in [2.24, 2.45) is 0 Å². The molecule has 1 aromatic carbocycles. The van der Waals surface area contributed by atoms with Crippen LogP contribution in [-0.2, 0) is 4.79 Å². The molecule has 0 saturated carbocycles. The third kappa shape index (κ3) is 3.05. The monoisotopic (exact) mass is 189 g/mol. The zero-order valence-corrected chi connectivity index (χ0v) is 8.58. The Morgan fingerprint density at radius 2 is 2.00 bits per heavy atom. The normalized spacial score (nSPS) is 11.1. The van der Waals surface area contributed by atoms with Gasteiger partial charge in [0, 0.05) is 13.5 Å². The lowest BCUT2D eigenvalue weighted by molar-refractivity contribution is -0.113. The quantitative estimate of drug-likeness (QED) is 0.736. The Kier molecular flexibility index (Phi) is 3.92. The predicted molar refractivity (Wildman–Crippen MR) is 58.8 cm³/mol. The van der Waals surface area contributed by atoms with Crippen molar-refractivity contribution >= 4 is 11.9 Å². The van der Waals surface area contributed by atoms with Gasteiger partial charge in [0.2, 0.25) is 0 Å². The van der Waals surface area contributed by atoms with Gasteiger partial charge in [-0.2, -0.15) is 0 Å². The number of benzene rings is 1.